The van der Waals surface area contributed by atoms with Crippen LogP contribution in [0.5, 0.6) is 0 Å². The number of nitrogens with one attached hydrogen (secondary N) is 4. The van der Waals surface area contributed by atoms with E-state index in [1.165, 1.54) is 56.3 Å². The van der Waals surface area contributed by atoms with Gasteiger partial charge in [-0.1, -0.05) is 247 Å². The number of nitrogens with zero attached hydrogens (tertiary/aromatic N) is 6. The Labute approximate surface area is 760 Å². The number of alkyl carbamates (subject to hydrolysis) is 2. The first-order chi connectivity index (χ1) is 54.9. The largest absolute Gasteiger partial charge is 0.444 e. The number of hydrogen-bond donors (Lipinski definition) is 5. The molecule has 0 aliphatic heterocycles. The molecule has 0 aliphatic carbocycles. The smallest absolute Gasteiger partial charge is 0.410 e. The molecule has 116 heavy (non-hydrogen) atoms. The molecule has 27 heteroatoms. The number of ether oxygens (including phenoxy) is 3. The topological polar surface area (TPSA) is 245 Å². The highest BCUT2D eigenvalue weighted by Crippen LogP contribution is 2.26. The molecule has 4 aromatic heterocycles. The van der Waals surface area contributed by atoms with Crippen LogP contribution in [0.4, 0.5) is 19.2 Å². The van der Waals surface area contributed by atoms with Crippen molar-refractivity contribution < 1.29 is 38.2 Å². The van der Waals surface area contributed by atoms with E-state index in [2.05, 4.69) is 188 Å². The molecule has 0 saturated heterocycles. The lowest BCUT2D eigenvalue weighted by atomic mass is 9.85. The van der Waals surface area contributed by atoms with Crippen LogP contribution in [0.15, 0.2) is 222 Å². The van der Waals surface area contributed by atoms with E-state index in [1.807, 2.05) is 147 Å². The summed E-state index contributed by atoms with van der Waals surface area (Å²) in [5.74, 6) is 0.250. The Morgan fingerprint density at radius 3 is 1.25 bits per heavy atom. The number of carbonyl (C=O) groups is 5. The van der Waals surface area contributed by atoms with Gasteiger partial charge in [-0.3, -0.25) is 19.7 Å². The Bertz CT molecular complexity index is 4160. The van der Waals surface area contributed by atoms with E-state index in [1.54, 1.807) is 63.3 Å². The van der Waals surface area contributed by atoms with Gasteiger partial charge in [0.15, 0.2) is 5.78 Å². The van der Waals surface area contributed by atoms with Crippen LogP contribution in [0.3, 0.4) is 0 Å². The predicted molar refractivity (Wildman–Crippen MR) is 516 cm³/mol. The monoisotopic (exact) mass is 2110 g/mol. The van der Waals surface area contributed by atoms with Gasteiger partial charge in [-0.25, -0.2) is 24.2 Å². The molecule has 5 amide bonds. The number of aromatic nitrogens is 4. The first-order valence-electron chi connectivity index (χ1n) is 38.0. The molecule has 10 rings (SSSR count). The normalized spacial score (nSPS) is 12.3. The zero-order valence-electron chi connectivity index (χ0n) is 66.3. The number of benzene rings is 6. The second-order valence-corrected chi connectivity index (χ2v) is 31.9. The molecule has 6 N–H and O–H groups in total. The van der Waals surface area contributed by atoms with Crippen molar-refractivity contribution in [1.29, 1.82) is 0 Å². The zero-order chi connectivity index (χ0) is 81.4. The molecule has 0 fully saturated rings. The lowest BCUT2D eigenvalue weighted by Gasteiger charge is -2.28. The van der Waals surface area contributed by atoms with E-state index >= 15 is 0 Å². The molecule has 10 aromatic rings. The zero-order valence-corrected chi connectivity index (χ0v) is 78.3. The molecule has 0 spiro atoms. The SMILES string of the molecule is C.C.CC(C)c1nc(CN(C)C(=O)N[C@H](C(=O)C[C@H](CC[C@H](Cc2ccccc2)NC(=O)OCc2cncs2)Cc2ccccc2)C(C)C)cs1.CI.CN(C(=O)OCc1cncs1)[C@H](CC[C@@H](N)Cc1ccccc1)Cc1ccccc1.CN[C@H](CC[C@H](Cc1ccccc1)NC(=O)OCc1cncs1)Cc1ccccc1.I.II. The van der Waals surface area contributed by atoms with Crippen molar-refractivity contribution in [3.63, 3.8) is 0 Å². The Morgan fingerprint density at radius 1 is 0.483 bits per heavy atom. The average molecular weight is 2110 g/mol. The quantitative estimate of drug-likeness (QED) is 0.0137. The highest BCUT2D eigenvalue weighted by molar-refractivity contribution is 15.0. The number of halogens is 4. The average Bonchev–Trinajstić information content (AvgIpc) is 0.994. The minimum Gasteiger partial charge on any atom is -0.444 e. The van der Waals surface area contributed by atoms with Crippen molar-refractivity contribution in [2.24, 2.45) is 17.6 Å². The summed E-state index contributed by atoms with van der Waals surface area (Å²) < 4.78 is 16.4. The minimum atomic E-state index is -0.630. The van der Waals surface area contributed by atoms with Crippen LogP contribution in [0, 0.1) is 11.8 Å². The third-order valence-electron chi connectivity index (χ3n) is 18.6. The molecule has 0 bridgehead atoms. The summed E-state index contributed by atoms with van der Waals surface area (Å²) in [6.07, 6.45) is 13.8. The van der Waals surface area contributed by atoms with Gasteiger partial charge in [0.05, 0.1) is 54.5 Å². The van der Waals surface area contributed by atoms with Gasteiger partial charge in [0.1, 0.15) is 19.8 Å². The fraction of sp³-hybridized carbons (Fsp3) is 0.404. The second-order valence-electron chi connectivity index (χ2n) is 28.1. The number of likely N-dealkylation sites (N-methyl/N-ethyl adjacent to an activating group) is 2. The van der Waals surface area contributed by atoms with Crippen molar-refractivity contribution in [3.05, 3.63) is 281 Å². The molecule has 4 heterocycles. The third kappa shape index (κ3) is 41.4. The molecule has 0 saturated carbocycles. The molecular formula is C89H119I4N11O8S4. The van der Waals surface area contributed by atoms with Gasteiger partial charge < -0.3 is 51.0 Å². The summed E-state index contributed by atoms with van der Waals surface area (Å²) in [6, 6.07) is 60.7. The van der Waals surface area contributed by atoms with Gasteiger partial charge in [-0.15, -0.1) is 69.3 Å². The van der Waals surface area contributed by atoms with E-state index in [0.717, 1.165) is 87.8 Å². The highest BCUT2D eigenvalue weighted by atomic mass is 128. The van der Waals surface area contributed by atoms with Crippen LogP contribution in [0.25, 0.3) is 0 Å². The Balaban J connectivity index is 0.000000454. The number of alkyl halides is 1. The van der Waals surface area contributed by atoms with Crippen LogP contribution in [-0.4, -0.2) is 122 Å². The van der Waals surface area contributed by atoms with E-state index < -0.39 is 12.1 Å². The minimum absolute atomic E-state index is 0. The number of carbonyl (C=O) groups excluding carboxylic acids is 5. The Hall–Kier alpha value is -6.57. The van der Waals surface area contributed by atoms with Crippen molar-refractivity contribution in [2.45, 2.75) is 195 Å². The molecule has 19 nitrogen and oxygen atoms in total. The summed E-state index contributed by atoms with van der Waals surface area (Å²) in [7, 11) is 5.54. The second kappa shape index (κ2) is 60.8. The first-order valence-corrected chi connectivity index (χ1v) is 49.9. The van der Waals surface area contributed by atoms with Crippen molar-refractivity contribution in [3.8, 4) is 0 Å². The van der Waals surface area contributed by atoms with Gasteiger partial charge in [-0.2, -0.15) is 0 Å². The number of amides is 5. The highest BCUT2D eigenvalue weighted by Gasteiger charge is 2.30. The molecule has 0 unspecified atom stereocenters. The summed E-state index contributed by atoms with van der Waals surface area (Å²) in [5.41, 5.74) is 19.6. The molecule has 0 aliphatic rings. The first kappa shape index (κ1) is 104. The Morgan fingerprint density at radius 2 is 0.862 bits per heavy atom. The maximum Gasteiger partial charge on any atom is 0.410 e. The number of hydrogen-bond acceptors (Lipinski definition) is 18. The summed E-state index contributed by atoms with van der Waals surface area (Å²) >= 11 is 12.4. The molecule has 7 atom stereocenters. The summed E-state index contributed by atoms with van der Waals surface area (Å²) in [4.78, 5) is 89.9. The molecule has 630 valence electrons. The standard InChI is InChI=1S/C38H49N5O4S2.2C24H29N3O2S.CH3I.2CH4.I2.HI/c1-26(2)35(42-37(45)43(5)22-32-24-48-36(40-32)27(3)4)34(44)20-30(18-28-12-8-6-9-13-28)16-17-31(19-29-14-10-7-11-15-29)41-38(46)47-23-33-21-39-25-49-33;1-27(24(28)29-17-23-16-26-18-30-23)22(15-20-10-6-3-7-11-20)13-12-21(25)14-19-8-4-2-5-9-19;1-25-21(14-19-8-4-2-5-9-19)12-13-22(15-20-10-6-3-7-11-20)27-24(28)29-17-23-16-26-18-30-23;1-2;;;1-2;/h6-15,21,24-27,30-31,35H,16-20,22-23H2,1-5H3,(H,41,46)(H,42,45);2-11,16,18,21-22H,12-15,17,25H2,1H3;2-11,16,18,21-22,25H,12-15,17H2,1H3,(H,27,28);1H3;2*1H4;;1H/t30-,31-,35+;2*21-,22-;;;;;/m111...../s1. The van der Waals surface area contributed by atoms with Crippen LogP contribution < -0.4 is 27.0 Å². The number of rotatable bonds is 39. The number of urea groups is 1. The Kier molecular flexibility index (Phi) is 54.3. The summed E-state index contributed by atoms with van der Waals surface area (Å²) in [6.45, 7) is 9.16. The number of nitrogens with two attached hydrogens (primary N) is 1. The number of Topliss-reactive ketones (excluding diaryl/α,β-unsaturated/α-hetero) is 1. The number of ketones is 1. The van der Waals surface area contributed by atoms with Gasteiger partial charge in [0, 0.05) is 118 Å². The molecule has 6 aromatic carbocycles. The third-order valence-corrected chi connectivity index (χ3v) is 22.1. The van der Waals surface area contributed by atoms with Crippen LogP contribution in [-0.2, 0) is 83.9 Å². The fourth-order valence-electron chi connectivity index (χ4n) is 12.6. The van der Waals surface area contributed by atoms with E-state index in [4.69, 9.17) is 19.9 Å². The maximum atomic E-state index is 14.0. The van der Waals surface area contributed by atoms with Crippen LogP contribution in [0.2, 0.25) is 0 Å². The van der Waals surface area contributed by atoms with Gasteiger partial charge in [0.25, 0.3) is 0 Å². The fourth-order valence-corrected chi connectivity index (χ4v) is 14.9. The number of thiazole rings is 4. The van der Waals surface area contributed by atoms with Gasteiger partial charge >= 0.3 is 24.3 Å². The van der Waals surface area contributed by atoms with E-state index in [9.17, 15) is 24.0 Å². The van der Waals surface area contributed by atoms with E-state index in [-0.39, 0.29) is 119 Å². The summed E-state index contributed by atoms with van der Waals surface area (Å²) in [5, 5.41) is 15.6. The lowest BCUT2D eigenvalue weighted by molar-refractivity contribution is -0.122. The maximum absolute atomic E-state index is 14.0. The van der Waals surface area contributed by atoms with Crippen molar-refractivity contribution in [1.82, 2.24) is 51.0 Å². The van der Waals surface area contributed by atoms with Crippen molar-refractivity contribution >= 4 is 159 Å². The van der Waals surface area contributed by atoms with E-state index in [0.29, 0.717) is 50.6 Å². The predicted octanol–water partition coefficient (Wildman–Crippen LogP) is 22.0. The van der Waals surface area contributed by atoms with Gasteiger partial charge in [0.2, 0.25) is 0 Å². The van der Waals surface area contributed by atoms with Crippen LogP contribution >= 0.6 is 129 Å². The lowest BCUT2D eigenvalue weighted by Crippen LogP contribution is -2.49. The van der Waals surface area contributed by atoms with Crippen LogP contribution in [0.1, 0.15) is 152 Å². The molecular weight excluding hydrogens is 1990 g/mol. The van der Waals surface area contributed by atoms with Crippen molar-refractivity contribution in [2.75, 3.05) is 26.1 Å². The molecule has 0 radical (unpaired) electrons. The van der Waals surface area contributed by atoms with Gasteiger partial charge in [-0.05, 0) is 134 Å².